The van der Waals surface area contributed by atoms with Crippen LogP contribution in [0.3, 0.4) is 0 Å². The average molecular weight is 472 g/mol. The van der Waals surface area contributed by atoms with E-state index in [1.54, 1.807) is 18.2 Å². The molecule has 7 nitrogen and oxygen atoms in total. The minimum atomic E-state index is -4.63. The molecular formula is C18H17BrF3N5O2. The third-order valence-corrected chi connectivity index (χ3v) is 4.72. The van der Waals surface area contributed by atoms with Gasteiger partial charge in [-0.15, -0.1) is 0 Å². The molecule has 11 heteroatoms. The summed E-state index contributed by atoms with van der Waals surface area (Å²) in [6.45, 7) is 3.37. The Hall–Kier alpha value is -2.69. The van der Waals surface area contributed by atoms with Gasteiger partial charge in [0.1, 0.15) is 12.4 Å². The predicted molar refractivity (Wildman–Crippen MR) is 105 cm³/mol. The molecule has 0 saturated heterocycles. The Morgan fingerprint density at radius 1 is 1.21 bits per heavy atom. The fourth-order valence-electron chi connectivity index (χ4n) is 2.86. The summed E-state index contributed by atoms with van der Waals surface area (Å²) in [6.07, 6.45) is -4.63. The van der Waals surface area contributed by atoms with Crippen LogP contribution in [0.1, 0.15) is 31.2 Å². The van der Waals surface area contributed by atoms with E-state index in [-0.39, 0.29) is 11.7 Å². The largest absolute Gasteiger partial charge is 0.435 e. The van der Waals surface area contributed by atoms with Gasteiger partial charge in [0.2, 0.25) is 5.91 Å². The van der Waals surface area contributed by atoms with E-state index >= 15 is 0 Å². The van der Waals surface area contributed by atoms with Crippen LogP contribution in [0.25, 0.3) is 10.8 Å². The van der Waals surface area contributed by atoms with Crippen LogP contribution in [0.4, 0.5) is 19.0 Å². The van der Waals surface area contributed by atoms with Gasteiger partial charge in [-0.05, 0) is 24.1 Å². The summed E-state index contributed by atoms with van der Waals surface area (Å²) in [5, 5.41) is 11.1. The van der Waals surface area contributed by atoms with Gasteiger partial charge in [0, 0.05) is 23.0 Å². The molecule has 0 aliphatic carbocycles. The van der Waals surface area contributed by atoms with Crippen molar-refractivity contribution in [2.24, 2.45) is 7.05 Å². The molecule has 29 heavy (non-hydrogen) atoms. The van der Waals surface area contributed by atoms with Gasteiger partial charge >= 0.3 is 6.18 Å². The number of hydrogen-bond donors (Lipinski definition) is 1. The molecule has 1 aromatic carbocycles. The van der Waals surface area contributed by atoms with Gasteiger partial charge < -0.3 is 5.32 Å². The number of carbonyl (C=O) groups excluding carboxylic acids is 1. The maximum Gasteiger partial charge on any atom is 0.435 e. The van der Waals surface area contributed by atoms with Crippen molar-refractivity contribution in [2.75, 3.05) is 5.32 Å². The number of benzene rings is 1. The van der Waals surface area contributed by atoms with E-state index in [9.17, 15) is 22.8 Å². The number of aryl methyl sites for hydroxylation is 1. The van der Waals surface area contributed by atoms with Crippen molar-refractivity contribution in [3.63, 3.8) is 0 Å². The predicted octanol–water partition coefficient (Wildman–Crippen LogP) is 3.67. The van der Waals surface area contributed by atoms with Crippen molar-refractivity contribution in [2.45, 2.75) is 32.5 Å². The van der Waals surface area contributed by atoms with Gasteiger partial charge in [-0.2, -0.15) is 23.4 Å². The number of rotatable bonds is 4. The normalized spacial score (nSPS) is 12.0. The number of anilines is 1. The lowest BCUT2D eigenvalue weighted by Gasteiger charge is -2.13. The Labute approximate surface area is 171 Å². The minimum absolute atomic E-state index is 0.0203. The zero-order chi connectivity index (χ0) is 21.5. The van der Waals surface area contributed by atoms with Crippen molar-refractivity contribution in [1.82, 2.24) is 19.6 Å². The fourth-order valence-corrected chi connectivity index (χ4v) is 3.22. The maximum absolute atomic E-state index is 12.8. The van der Waals surface area contributed by atoms with E-state index in [4.69, 9.17) is 0 Å². The molecule has 0 fully saturated rings. The van der Waals surface area contributed by atoms with E-state index in [1.807, 2.05) is 13.8 Å². The number of alkyl halides is 3. The van der Waals surface area contributed by atoms with E-state index in [2.05, 4.69) is 31.4 Å². The van der Waals surface area contributed by atoms with E-state index in [0.717, 1.165) is 19.9 Å². The zero-order valence-electron chi connectivity index (χ0n) is 15.7. The van der Waals surface area contributed by atoms with Crippen molar-refractivity contribution in [3.8, 4) is 0 Å². The van der Waals surface area contributed by atoms with Crippen molar-refractivity contribution >= 4 is 38.4 Å². The first-order valence-corrected chi connectivity index (χ1v) is 9.38. The molecule has 0 radical (unpaired) electrons. The summed E-state index contributed by atoms with van der Waals surface area (Å²) < 4.78 is 41.0. The number of aromatic nitrogens is 4. The highest BCUT2D eigenvalue weighted by Gasteiger charge is 2.34. The van der Waals surface area contributed by atoms with Gasteiger partial charge in [-0.25, -0.2) is 4.68 Å². The molecule has 0 unspecified atom stereocenters. The second-order valence-electron chi connectivity index (χ2n) is 6.78. The van der Waals surface area contributed by atoms with Gasteiger partial charge in [-0.3, -0.25) is 14.3 Å². The monoisotopic (exact) mass is 471 g/mol. The molecule has 1 amide bonds. The summed E-state index contributed by atoms with van der Waals surface area (Å²) in [7, 11) is 1.28. The standard InChI is InChI=1S/C18H17BrF3N5O2/c1-9(2)16-12-6-10(19)4-5-11(12)17(29)27(25-16)8-15(28)23-14-7-13(18(20,21)22)24-26(14)3/h4-7,9H,8H2,1-3H3,(H,23,28). The number of nitrogens with one attached hydrogen (secondary N) is 1. The third-order valence-electron chi connectivity index (χ3n) is 4.23. The second kappa shape index (κ2) is 7.62. The quantitative estimate of drug-likeness (QED) is 0.629. The molecule has 3 rings (SSSR count). The van der Waals surface area contributed by atoms with Crippen LogP contribution in [0, 0.1) is 0 Å². The summed E-state index contributed by atoms with van der Waals surface area (Å²) in [5.74, 6) is -0.847. The maximum atomic E-state index is 12.8. The topological polar surface area (TPSA) is 81.8 Å². The lowest BCUT2D eigenvalue weighted by molar-refractivity contribution is -0.141. The second-order valence-corrected chi connectivity index (χ2v) is 7.69. The first kappa shape index (κ1) is 21.0. The number of nitrogens with zero attached hydrogens (tertiary/aromatic N) is 4. The molecule has 0 spiro atoms. The summed E-state index contributed by atoms with van der Waals surface area (Å²) >= 11 is 3.37. The highest BCUT2D eigenvalue weighted by atomic mass is 79.9. The minimum Gasteiger partial charge on any atom is -0.309 e. The van der Waals surface area contributed by atoms with Crippen LogP contribution in [0.2, 0.25) is 0 Å². The molecule has 2 aromatic heterocycles. The number of fused-ring (bicyclic) bond motifs is 1. The first-order valence-electron chi connectivity index (χ1n) is 8.58. The Morgan fingerprint density at radius 3 is 2.48 bits per heavy atom. The molecule has 0 aliphatic rings. The summed E-state index contributed by atoms with van der Waals surface area (Å²) in [5.41, 5.74) is -0.953. The molecule has 154 valence electrons. The first-order chi connectivity index (χ1) is 13.5. The van der Waals surface area contributed by atoms with Crippen LogP contribution in [-0.2, 0) is 24.6 Å². The molecule has 1 N–H and O–H groups in total. The molecular weight excluding hydrogens is 455 g/mol. The van der Waals surface area contributed by atoms with Crippen LogP contribution >= 0.6 is 15.9 Å². The van der Waals surface area contributed by atoms with Crippen LogP contribution in [-0.4, -0.2) is 25.5 Å². The van der Waals surface area contributed by atoms with Gasteiger partial charge in [0.05, 0.1) is 11.1 Å². The van der Waals surface area contributed by atoms with Crippen LogP contribution < -0.4 is 10.9 Å². The summed E-state index contributed by atoms with van der Waals surface area (Å²) in [6, 6.07) is 5.87. The molecule has 2 heterocycles. The molecule has 0 bridgehead atoms. The number of hydrogen-bond acceptors (Lipinski definition) is 4. The Bertz CT molecular complexity index is 1150. The molecule has 3 aromatic rings. The van der Waals surface area contributed by atoms with Crippen molar-refractivity contribution in [3.05, 3.63) is 50.5 Å². The number of amides is 1. The summed E-state index contributed by atoms with van der Waals surface area (Å²) in [4.78, 5) is 25.1. The SMILES string of the molecule is CC(C)c1nn(CC(=O)Nc2cc(C(F)(F)F)nn2C)c(=O)c2ccc(Br)cc12. The number of carbonyl (C=O) groups is 1. The van der Waals surface area contributed by atoms with E-state index in [1.165, 1.54) is 7.05 Å². The highest BCUT2D eigenvalue weighted by molar-refractivity contribution is 9.10. The Balaban J connectivity index is 1.93. The van der Waals surface area contributed by atoms with E-state index in [0.29, 0.717) is 16.5 Å². The Kier molecular flexibility index (Phi) is 5.52. The molecule has 0 atom stereocenters. The third kappa shape index (κ3) is 4.34. The van der Waals surface area contributed by atoms with Crippen LogP contribution in [0.5, 0.6) is 0 Å². The van der Waals surface area contributed by atoms with Crippen molar-refractivity contribution < 1.29 is 18.0 Å². The highest BCUT2D eigenvalue weighted by Crippen LogP contribution is 2.29. The average Bonchev–Trinajstić information content (AvgIpc) is 2.98. The zero-order valence-corrected chi connectivity index (χ0v) is 17.3. The van der Waals surface area contributed by atoms with E-state index < -0.39 is 29.9 Å². The smallest absolute Gasteiger partial charge is 0.309 e. The van der Waals surface area contributed by atoms with Crippen molar-refractivity contribution in [1.29, 1.82) is 0 Å². The van der Waals surface area contributed by atoms with Gasteiger partial charge in [0.15, 0.2) is 5.69 Å². The lowest BCUT2D eigenvalue weighted by Crippen LogP contribution is -2.31. The molecule has 0 aliphatic heterocycles. The fraction of sp³-hybridized carbons (Fsp3) is 0.333. The lowest BCUT2D eigenvalue weighted by atomic mass is 10.0. The number of halogens is 4. The van der Waals surface area contributed by atoms with Gasteiger partial charge in [0.25, 0.3) is 5.56 Å². The molecule has 0 saturated carbocycles. The Morgan fingerprint density at radius 2 is 1.90 bits per heavy atom. The van der Waals surface area contributed by atoms with Crippen LogP contribution in [0.15, 0.2) is 33.5 Å². The van der Waals surface area contributed by atoms with Gasteiger partial charge in [-0.1, -0.05) is 29.8 Å².